The van der Waals surface area contributed by atoms with Crippen LogP contribution in [0.3, 0.4) is 0 Å². The van der Waals surface area contributed by atoms with Crippen molar-refractivity contribution in [3.8, 4) is 5.75 Å². The third-order valence-corrected chi connectivity index (χ3v) is 4.06. The fraction of sp³-hybridized carbons (Fsp3) is 0.412. The zero-order chi connectivity index (χ0) is 15.4. The second kappa shape index (κ2) is 6.75. The molecule has 2 N–H and O–H groups in total. The Balaban J connectivity index is 1.66. The Bertz CT molecular complexity index is 606. The summed E-state index contributed by atoms with van der Waals surface area (Å²) in [6.07, 6.45) is 6.65. The highest BCUT2D eigenvalue weighted by Gasteiger charge is 2.17. The Morgan fingerprint density at radius 3 is 2.59 bits per heavy atom. The molecule has 1 aromatic carbocycles. The molecule has 1 saturated heterocycles. The molecule has 22 heavy (non-hydrogen) atoms. The van der Waals surface area contributed by atoms with Crippen LogP contribution in [0, 0.1) is 0 Å². The van der Waals surface area contributed by atoms with Crippen LogP contribution in [0.1, 0.15) is 24.0 Å². The maximum absolute atomic E-state index is 5.93. The monoisotopic (exact) mass is 298 g/mol. The number of ether oxygens (including phenoxy) is 1. The Kier molecular flexibility index (Phi) is 4.53. The zero-order valence-corrected chi connectivity index (χ0v) is 12.9. The minimum Gasteiger partial charge on any atom is -0.497 e. The Labute approximate surface area is 131 Å². The van der Waals surface area contributed by atoms with E-state index < -0.39 is 0 Å². The topological polar surface area (TPSA) is 64.3 Å². The van der Waals surface area contributed by atoms with Crippen LogP contribution in [0.5, 0.6) is 5.75 Å². The maximum Gasteiger partial charge on any atom is 0.225 e. The zero-order valence-electron chi connectivity index (χ0n) is 12.9. The molecule has 3 rings (SSSR count). The normalized spacial score (nSPS) is 15.8. The highest BCUT2D eigenvalue weighted by atomic mass is 16.5. The van der Waals surface area contributed by atoms with Gasteiger partial charge in [0.1, 0.15) is 5.75 Å². The predicted molar refractivity (Wildman–Crippen MR) is 87.3 cm³/mol. The second-order valence-electron chi connectivity index (χ2n) is 5.74. The molecule has 1 fully saturated rings. The summed E-state index contributed by atoms with van der Waals surface area (Å²) in [4.78, 5) is 11.2. The van der Waals surface area contributed by atoms with Crippen molar-refractivity contribution in [1.82, 2.24) is 9.97 Å². The fourth-order valence-corrected chi connectivity index (χ4v) is 2.72. The van der Waals surface area contributed by atoms with Gasteiger partial charge in [-0.15, -0.1) is 0 Å². The fourth-order valence-electron chi connectivity index (χ4n) is 2.72. The van der Waals surface area contributed by atoms with Crippen molar-refractivity contribution in [2.75, 3.05) is 25.1 Å². The minimum absolute atomic E-state index is 0.323. The van der Waals surface area contributed by atoms with Crippen LogP contribution >= 0.6 is 0 Å². The van der Waals surface area contributed by atoms with E-state index in [4.69, 9.17) is 10.5 Å². The van der Waals surface area contributed by atoms with Gasteiger partial charge >= 0.3 is 0 Å². The first-order valence-corrected chi connectivity index (χ1v) is 7.69. The van der Waals surface area contributed by atoms with E-state index in [1.54, 1.807) is 7.11 Å². The molecule has 0 aliphatic carbocycles. The lowest BCUT2D eigenvalue weighted by Gasteiger charge is -2.30. The molecule has 5 nitrogen and oxygen atoms in total. The first-order valence-electron chi connectivity index (χ1n) is 7.69. The number of benzene rings is 1. The summed E-state index contributed by atoms with van der Waals surface area (Å²) in [5, 5.41) is 0. The van der Waals surface area contributed by atoms with Gasteiger partial charge in [-0.25, -0.2) is 9.97 Å². The van der Waals surface area contributed by atoms with E-state index in [9.17, 15) is 0 Å². The molecule has 5 heteroatoms. The summed E-state index contributed by atoms with van der Waals surface area (Å²) >= 11 is 0. The lowest BCUT2D eigenvalue weighted by molar-refractivity contribution is 0.414. The van der Waals surface area contributed by atoms with Crippen molar-refractivity contribution in [2.24, 2.45) is 5.73 Å². The molecule has 1 aliphatic heterocycles. The molecule has 0 unspecified atom stereocenters. The van der Waals surface area contributed by atoms with E-state index in [1.807, 2.05) is 30.6 Å². The Hall–Kier alpha value is -2.14. The van der Waals surface area contributed by atoms with E-state index in [-0.39, 0.29) is 0 Å². The standard InChI is InChI=1S/C17H22N4O/c1-22-16-4-2-3-13(10-16)9-14-11-19-17(20-12-14)21-7-5-15(18)6-8-21/h2-4,10-12,15H,5-9,18H2,1H3. The first-order chi connectivity index (χ1) is 10.7. The molecule has 0 radical (unpaired) electrons. The average molecular weight is 298 g/mol. The van der Waals surface area contributed by atoms with Gasteiger partial charge in [-0.3, -0.25) is 0 Å². The number of nitrogens with two attached hydrogens (primary N) is 1. The molecule has 1 aliphatic rings. The van der Waals surface area contributed by atoms with Gasteiger partial charge in [0.15, 0.2) is 0 Å². The number of piperidine rings is 1. The number of rotatable bonds is 4. The number of aromatic nitrogens is 2. The smallest absolute Gasteiger partial charge is 0.225 e. The third kappa shape index (κ3) is 3.54. The van der Waals surface area contributed by atoms with Gasteiger partial charge in [-0.1, -0.05) is 12.1 Å². The van der Waals surface area contributed by atoms with Gasteiger partial charge in [-0.2, -0.15) is 0 Å². The van der Waals surface area contributed by atoms with E-state index in [0.717, 1.165) is 49.6 Å². The highest BCUT2D eigenvalue weighted by molar-refractivity contribution is 5.34. The molecule has 2 heterocycles. The summed E-state index contributed by atoms with van der Waals surface area (Å²) in [5.74, 6) is 1.68. The number of nitrogens with zero attached hydrogens (tertiary/aromatic N) is 3. The average Bonchev–Trinajstić information content (AvgIpc) is 2.57. The second-order valence-corrected chi connectivity index (χ2v) is 5.74. The Morgan fingerprint density at radius 1 is 1.18 bits per heavy atom. The van der Waals surface area contributed by atoms with Crippen molar-refractivity contribution in [3.63, 3.8) is 0 Å². The highest BCUT2D eigenvalue weighted by Crippen LogP contribution is 2.18. The van der Waals surface area contributed by atoms with Crippen molar-refractivity contribution in [3.05, 3.63) is 47.8 Å². The lowest BCUT2D eigenvalue weighted by Crippen LogP contribution is -2.40. The van der Waals surface area contributed by atoms with Gasteiger partial charge in [0.2, 0.25) is 5.95 Å². The van der Waals surface area contributed by atoms with Gasteiger partial charge in [-0.05, 0) is 36.1 Å². The van der Waals surface area contributed by atoms with Gasteiger partial charge in [0.25, 0.3) is 0 Å². The molecule has 116 valence electrons. The van der Waals surface area contributed by atoms with Crippen molar-refractivity contribution in [1.29, 1.82) is 0 Å². The van der Waals surface area contributed by atoms with Crippen LogP contribution in [0.4, 0.5) is 5.95 Å². The van der Waals surface area contributed by atoms with E-state index in [0.29, 0.717) is 6.04 Å². The van der Waals surface area contributed by atoms with Crippen LogP contribution in [0.15, 0.2) is 36.7 Å². The molecular formula is C17H22N4O. The molecule has 0 amide bonds. The summed E-state index contributed by atoms with van der Waals surface area (Å²) in [6, 6.07) is 8.40. The molecule has 1 aromatic heterocycles. The summed E-state index contributed by atoms with van der Waals surface area (Å²) in [5.41, 5.74) is 8.23. The van der Waals surface area contributed by atoms with Crippen LogP contribution in [-0.4, -0.2) is 36.2 Å². The quantitative estimate of drug-likeness (QED) is 0.935. The maximum atomic E-state index is 5.93. The molecule has 0 atom stereocenters. The van der Waals surface area contributed by atoms with Crippen molar-refractivity contribution < 1.29 is 4.74 Å². The predicted octanol–water partition coefficient (Wildman–Crippen LogP) is 2.00. The van der Waals surface area contributed by atoms with E-state index in [1.165, 1.54) is 5.56 Å². The van der Waals surface area contributed by atoms with Gasteiger partial charge in [0, 0.05) is 37.9 Å². The van der Waals surface area contributed by atoms with E-state index in [2.05, 4.69) is 20.9 Å². The summed E-state index contributed by atoms with van der Waals surface area (Å²) < 4.78 is 5.25. The van der Waals surface area contributed by atoms with E-state index >= 15 is 0 Å². The molecule has 2 aromatic rings. The lowest BCUT2D eigenvalue weighted by atomic mass is 10.1. The molecule has 0 saturated carbocycles. The first kappa shape index (κ1) is 14.8. The third-order valence-electron chi connectivity index (χ3n) is 4.06. The van der Waals surface area contributed by atoms with Gasteiger partial charge < -0.3 is 15.4 Å². The number of hydrogen-bond acceptors (Lipinski definition) is 5. The number of methoxy groups -OCH3 is 1. The summed E-state index contributed by atoms with van der Waals surface area (Å²) in [6.45, 7) is 1.88. The summed E-state index contributed by atoms with van der Waals surface area (Å²) in [7, 11) is 1.68. The number of hydrogen-bond donors (Lipinski definition) is 1. The molecule has 0 bridgehead atoms. The van der Waals surface area contributed by atoms with Crippen LogP contribution < -0.4 is 15.4 Å². The van der Waals surface area contributed by atoms with Crippen molar-refractivity contribution in [2.45, 2.75) is 25.3 Å². The van der Waals surface area contributed by atoms with Crippen LogP contribution in [-0.2, 0) is 6.42 Å². The van der Waals surface area contributed by atoms with Crippen molar-refractivity contribution >= 4 is 5.95 Å². The van der Waals surface area contributed by atoms with Crippen LogP contribution in [0.2, 0.25) is 0 Å². The van der Waals surface area contributed by atoms with Gasteiger partial charge in [0.05, 0.1) is 7.11 Å². The largest absolute Gasteiger partial charge is 0.497 e. The number of anilines is 1. The van der Waals surface area contributed by atoms with Crippen LogP contribution in [0.25, 0.3) is 0 Å². The Morgan fingerprint density at radius 2 is 1.91 bits per heavy atom. The molecular weight excluding hydrogens is 276 g/mol. The molecule has 0 spiro atoms. The SMILES string of the molecule is COc1cccc(Cc2cnc(N3CCC(N)CC3)nc2)c1. The minimum atomic E-state index is 0.323.